The molecule has 0 spiro atoms. The van der Waals surface area contributed by atoms with Gasteiger partial charge in [0, 0.05) is 25.3 Å². The predicted octanol–water partition coefficient (Wildman–Crippen LogP) is 5.00. The molecule has 0 aromatic heterocycles. The molecule has 1 unspecified atom stereocenters. The van der Waals surface area contributed by atoms with E-state index in [0.29, 0.717) is 25.3 Å². The molecular weight excluding hydrogens is 428 g/mol. The topological polar surface area (TPSA) is 49.4 Å². The van der Waals surface area contributed by atoms with Crippen molar-refractivity contribution in [3.63, 3.8) is 0 Å². The zero-order valence-electron chi connectivity index (χ0n) is 19.4. The fourth-order valence-electron chi connectivity index (χ4n) is 3.65. The van der Waals surface area contributed by atoms with Crippen molar-refractivity contribution in [2.24, 2.45) is 0 Å². The van der Waals surface area contributed by atoms with Gasteiger partial charge in [-0.15, -0.1) is 11.8 Å². The lowest BCUT2D eigenvalue weighted by Gasteiger charge is -2.31. The number of carbonyl (C=O) groups excluding carboxylic acids is 2. The van der Waals surface area contributed by atoms with Crippen LogP contribution in [-0.4, -0.2) is 35.1 Å². The Kier molecular flexibility index (Phi) is 9.58. The van der Waals surface area contributed by atoms with E-state index in [1.54, 1.807) is 16.7 Å². The van der Waals surface area contributed by atoms with Gasteiger partial charge in [-0.1, -0.05) is 90.5 Å². The molecule has 0 heterocycles. The largest absolute Gasteiger partial charge is 0.355 e. The molecule has 0 saturated carbocycles. The van der Waals surface area contributed by atoms with E-state index in [2.05, 4.69) is 17.4 Å². The Hall–Kier alpha value is -3.05. The van der Waals surface area contributed by atoms with Crippen LogP contribution in [0.15, 0.2) is 84.9 Å². The maximum absolute atomic E-state index is 13.5. The van der Waals surface area contributed by atoms with Gasteiger partial charge in [0.05, 0.1) is 5.75 Å². The molecule has 5 heteroatoms. The third kappa shape index (κ3) is 7.79. The number of likely N-dealkylation sites (N-methyl/N-ethyl adjacent to an activating group) is 1. The average molecular weight is 461 g/mol. The second-order valence-corrected chi connectivity index (χ2v) is 9.07. The molecule has 0 saturated heterocycles. The van der Waals surface area contributed by atoms with Crippen molar-refractivity contribution >= 4 is 23.6 Å². The molecule has 0 fully saturated rings. The Morgan fingerprint density at radius 3 is 2.06 bits per heavy atom. The van der Waals surface area contributed by atoms with Crippen LogP contribution in [-0.2, 0) is 28.3 Å². The Morgan fingerprint density at radius 2 is 1.45 bits per heavy atom. The molecule has 3 aromatic rings. The number of carbonyl (C=O) groups is 2. The number of hydrogen-bond acceptors (Lipinski definition) is 3. The van der Waals surface area contributed by atoms with Gasteiger partial charge in [-0.3, -0.25) is 9.59 Å². The molecule has 3 rings (SSSR count). The highest BCUT2D eigenvalue weighted by molar-refractivity contribution is 7.99. The molecule has 0 aliphatic heterocycles. The lowest BCUT2D eigenvalue weighted by molar-refractivity contribution is -0.139. The number of hydrogen-bond donors (Lipinski definition) is 1. The Labute approximate surface area is 201 Å². The normalized spacial score (nSPS) is 11.6. The van der Waals surface area contributed by atoms with Crippen LogP contribution in [0.3, 0.4) is 0 Å². The minimum Gasteiger partial charge on any atom is -0.355 e. The van der Waals surface area contributed by atoms with Gasteiger partial charge in [-0.25, -0.2) is 0 Å². The molecule has 0 bridgehead atoms. The highest BCUT2D eigenvalue weighted by Gasteiger charge is 2.30. The zero-order chi connectivity index (χ0) is 23.5. The summed E-state index contributed by atoms with van der Waals surface area (Å²) in [6.07, 6.45) is 0.480. The fraction of sp³-hybridized carbons (Fsp3) is 0.286. The molecule has 33 heavy (non-hydrogen) atoms. The number of thioether (sulfide) groups is 1. The summed E-state index contributed by atoms with van der Waals surface area (Å²) in [5.41, 5.74) is 4.40. The van der Waals surface area contributed by atoms with Crippen LogP contribution in [0.1, 0.15) is 29.2 Å². The van der Waals surface area contributed by atoms with Crippen LogP contribution < -0.4 is 5.32 Å². The van der Waals surface area contributed by atoms with Gasteiger partial charge < -0.3 is 10.2 Å². The van der Waals surface area contributed by atoms with E-state index in [-0.39, 0.29) is 11.8 Å². The van der Waals surface area contributed by atoms with E-state index in [1.807, 2.05) is 86.6 Å². The van der Waals surface area contributed by atoms with Gasteiger partial charge in [0.2, 0.25) is 11.8 Å². The highest BCUT2D eigenvalue weighted by atomic mass is 32.2. The summed E-state index contributed by atoms with van der Waals surface area (Å²) >= 11 is 1.58. The summed E-state index contributed by atoms with van der Waals surface area (Å²) in [6, 6.07) is 27.6. The molecule has 172 valence electrons. The number of rotatable bonds is 11. The summed E-state index contributed by atoms with van der Waals surface area (Å²) < 4.78 is 0. The lowest BCUT2D eigenvalue weighted by atomic mass is 10.0. The molecule has 3 aromatic carbocycles. The summed E-state index contributed by atoms with van der Waals surface area (Å²) in [6.45, 7) is 4.87. The summed E-state index contributed by atoms with van der Waals surface area (Å²) in [5.74, 6) is 0.944. The van der Waals surface area contributed by atoms with E-state index in [4.69, 9.17) is 0 Å². The quantitative estimate of drug-likeness (QED) is 0.438. The van der Waals surface area contributed by atoms with Gasteiger partial charge >= 0.3 is 0 Å². The number of nitrogens with one attached hydrogen (secondary N) is 1. The van der Waals surface area contributed by atoms with Gasteiger partial charge in [-0.2, -0.15) is 0 Å². The van der Waals surface area contributed by atoms with Crippen molar-refractivity contribution in [1.29, 1.82) is 0 Å². The minimum absolute atomic E-state index is 0.0244. The van der Waals surface area contributed by atoms with Crippen LogP contribution >= 0.6 is 11.8 Å². The van der Waals surface area contributed by atoms with Crippen molar-refractivity contribution in [3.8, 4) is 0 Å². The first-order chi connectivity index (χ1) is 16.1. The van der Waals surface area contributed by atoms with Gasteiger partial charge in [0.1, 0.15) is 6.04 Å². The van der Waals surface area contributed by atoms with Crippen LogP contribution in [0.2, 0.25) is 0 Å². The molecule has 2 amide bonds. The van der Waals surface area contributed by atoms with Crippen LogP contribution in [0, 0.1) is 6.92 Å². The Morgan fingerprint density at radius 1 is 0.848 bits per heavy atom. The second kappa shape index (κ2) is 12.9. The number of benzene rings is 3. The van der Waals surface area contributed by atoms with Gasteiger partial charge in [0.25, 0.3) is 0 Å². The zero-order valence-corrected chi connectivity index (χ0v) is 20.2. The number of amides is 2. The summed E-state index contributed by atoms with van der Waals surface area (Å²) in [5, 5.41) is 2.94. The smallest absolute Gasteiger partial charge is 0.243 e. The van der Waals surface area contributed by atoms with Crippen molar-refractivity contribution in [2.45, 2.75) is 38.6 Å². The second-order valence-electron chi connectivity index (χ2n) is 8.09. The third-order valence-corrected chi connectivity index (χ3v) is 6.42. The van der Waals surface area contributed by atoms with Crippen molar-refractivity contribution in [2.75, 3.05) is 12.3 Å². The molecule has 4 nitrogen and oxygen atoms in total. The monoisotopic (exact) mass is 460 g/mol. The minimum atomic E-state index is -0.571. The first-order valence-electron chi connectivity index (χ1n) is 11.3. The first-order valence-corrected chi connectivity index (χ1v) is 12.5. The van der Waals surface area contributed by atoms with Crippen LogP contribution in [0.25, 0.3) is 0 Å². The molecule has 0 aliphatic carbocycles. The number of aryl methyl sites for hydroxylation is 1. The van der Waals surface area contributed by atoms with Gasteiger partial charge in [0.15, 0.2) is 0 Å². The van der Waals surface area contributed by atoms with E-state index in [0.717, 1.165) is 16.9 Å². The predicted molar refractivity (Wildman–Crippen MR) is 137 cm³/mol. The summed E-state index contributed by atoms with van der Waals surface area (Å²) in [4.78, 5) is 28.3. The van der Waals surface area contributed by atoms with E-state index < -0.39 is 6.04 Å². The first kappa shape index (κ1) is 24.6. The van der Waals surface area contributed by atoms with Crippen molar-refractivity contribution in [1.82, 2.24) is 10.2 Å². The molecule has 1 N–H and O–H groups in total. The molecular formula is C28H32N2O2S. The average Bonchev–Trinajstić information content (AvgIpc) is 2.84. The van der Waals surface area contributed by atoms with Crippen LogP contribution in [0.4, 0.5) is 0 Å². The maximum atomic E-state index is 13.5. The van der Waals surface area contributed by atoms with Crippen LogP contribution in [0.5, 0.6) is 0 Å². The Balaban J connectivity index is 1.81. The van der Waals surface area contributed by atoms with E-state index in [9.17, 15) is 9.59 Å². The standard InChI is InChI=1S/C28H32N2O2S/c1-3-29-28(32)26(18-23-10-6-4-7-11-23)30(19-24-16-14-22(2)15-17-24)27(31)21-33-20-25-12-8-5-9-13-25/h4-17,26H,3,18-21H2,1-2H3,(H,29,32). The molecule has 0 aliphatic rings. The highest BCUT2D eigenvalue weighted by Crippen LogP contribution is 2.18. The summed E-state index contributed by atoms with van der Waals surface area (Å²) in [7, 11) is 0. The Bertz CT molecular complexity index is 1010. The number of nitrogens with zero attached hydrogens (tertiary/aromatic N) is 1. The molecule has 1 atom stereocenters. The maximum Gasteiger partial charge on any atom is 0.243 e. The van der Waals surface area contributed by atoms with Gasteiger partial charge in [-0.05, 0) is 30.5 Å². The van der Waals surface area contributed by atoms with Crippen molar-refractivity contribution in [3.05, 3.63) is 107 Å². The van der Waals surface area contributed by atoms with E-state index >= 15 is 0 Å². The molecule has 0 radical (unpaired) electrons. The van der Waals surface area contributed by atoms with E-state index in [1.165, 1.54) is 11.1 Å². The SMILES string of the molecule is CCNC(=O)C(Cc1ccccc1)N(Cc1ccc(C)cc1)C(=O)CSCc1ccccc1. The fourth-order valence-corrected chi connectivity index (χ4v) is 4.52. The third-order valence-electron chi connectivity index (χ3n) is 5.43. The van der Waals surface area contributed by atoms with Crippen molar-refractivity contribution < 1.29 is 9.59 Å². The lowest BCUT2D eigenvalue weighted by Crippen LogP contribution is -2.51.